The van der Waals surface area contributed by atoms with E-state index in [1.807, 2.05) is 12.3 Å². The zero-order valence-corrected chi connectivity index (χ0v) is 11.3. The number of anilines is 1. The lowest BCUT2D eigenvalue weighted by Gasteiger charge is -2.34. The maximum absolute atomic E-state index is 4.36. The molecule has 2 aromatic rings. The van der Waals surface area contributed by atoms with E-state index in [4.69, 9.17) is 0 Å². The van der Waals surface area contributed by atoms with Crippen LogP contribution in [0, 0.1) is 0 Å². The first kappa shape index (κ1) is 12.4. The van der Waals surface area contributed by atoms with Crippen LogP contribution in [-0.4, -0.2) is 59.1 Å². The SMILES string of the molecule is CN(C)[C@H]1CNC[C@H](Nc2ncnc3[nH]ccc23)C1. The molecule has 3 rings (SSSR count). The molecule has 0 saturated carbocycles. The predicted molar refractivity (Wildman–Crippen MR) is 76.3 cm³/mol. The van der Waals surface area contributed by atoms with Gasteiger partial charge in [-0.3, -0.25) is 0 Å². The third kappa shape index (κ3) is 2.54. The van der Waals surface area contributed by atoms with Crippen LogP contribution in [0.5, 0.6) is 0 Å². The number of hydrogen-bond donors (Lipinski definition) is 3. The van der Waals surface area contributed by atoms with Crippen molar-refractivity contribution in [3.05, 3.63) is 18.6 Å². The Kier molecular flexibility index (Phi) is 3.35. The van der Waals surface area contributed by atoms with Crippen molar-refractivity contribution >= 4 is 16.9 Å². The lowest BCUT2D eigenvalue weighted by Crippen LogP contribution is -2.50. The van der Waals surface area contributed by atoms with Crippen LogP contribution >= 0.6 is 0 Å². The zero-order valence-electron chi connectivity index (χ0n) is 11.3. The van der Waals surface area contributed by atoms with E-state index < -0.39 is 0 Å². The maximum atomic E-state index is 4.36. The molecule has 1 fully saturated rings. The van der Waals surface area contributed by atoms with E-state index in [9.17, 15) is 0 Å². The minimum atomic E-state index is 0.397. The van der Waals surface area contributed by atoms with Crippen LogP contribution in [0.15, 0.2) is 18.6 Å². The van der Waals surface area contributed by atoms with Crippen LogP contribution in [0.25, 0.3) is 11.0 Å². The summed E-state index contributed by atoms with van der Waals surface area (Å²) in [7, 11) is 4.26. The number of nitrogens with one attached hydrogen (secondary N) is 3. The molecule has 0 aromatic carbocycles. The van der Waals surface area contributed by atoms with E-state index in [0.29, 0.717) is 12.1 Å². The summed E-state index contributed by atoms with van der Waals surface area (Å²) in [5, 5.41) is 8.06. The molecule has 2 aromatic heterocycles. The topological polar surface area (TPSA) is 68.9 Å². The lowest BCUT2D eigenvalue weighted by atomic mass is 10.0. The van der Waals surface area contributed by atoms with Crippen LogP contribution in [-0.2, 0) is 0 Å². The molecule has 0 amide bonds. The minimum absolute atomic E-state index is 0.397. The molecule has 1 saturated heterocycles. The van der Waals surface area contributed by atoms with Crippen molar-refractivity contribution in [3.8, 4) is 0 Å². The molecule has 1 aliphatic heterocycles. The second-order valence-corrected chi connectivity index (χ2v) is 5.31. The van der Waals surface area contributed by atoms with E-state index in [0.717, 1.165) is 36.4 Å². The fourth-order valence-electron chi connectivity index (χ4n) is 2.60. The molecule has 0 radical (unpaired) electrons. The molecule has 6 heteroatoms. The molecule has 102 valence electrons. The van der Waals surface area contributed by atoms with Crippen molar-refractivity contribution in [3.63, 3.8) is 0 Å². The molecule has 19 heavy (non-hydrogen) atoms. The number of H-pyrrole nitrogens is 1. The van der Waals surface area contributed by atoms with Gasteiger partial charge in [0.1, 0.15) is 17.8 Å². The van der Waals surface area contributed by atoms with Crippen molar-refractivity contribution in [1.82, 2.24) is 25.2 Å². The lowest BCUT2D eigenvalue weighted by molar-refractivity contribution is 0.233. The number of hydrogen-bond acceptors (Lipinski definition) is 5. The number of likely N-dealkylation sites (N-methyl/N-ethyl adjacent to an activating group) is 1. The second kappa shape index (κ2) is 5.14. The molecule has 0 bridgehead atoms. The Labute approximate surface area is 112 Å². The van der Waals surface area contributed by atoms with Crippen LogP contribution in [0.4, 0.5) is 5.82 Å². The third-order valence-electron chi connectivity index (χ3n) is 3.75. The van der Waals surface area contributed by atoms with Gasteiger partial charge in [-0.1, -0.05) is 0 Å². The maximum Gasteiger partial charge on any atom is 0.142 e. The van der Waals surface area contributed by atoms with Crippen molar-refractivity contribution < 1.29 is 0 Å². The first-order chi connectivity index (χ1) is 9.24. The average Bonchev–Trinajstić information content (AvgIpc) is 2.88. The Morgan fingerprint density at radius 2 is 2.21 bits per heavy atom. The molecule has 1 aliphatic rings. The number of rotatable bonds is 3. The van der Waals surface area contributed by atoms with Gasteiger partial charge in [0, 0.05) is 31.4 Å². The molecule has 2 atom stereocenters. The van der Waals surface area contributed by atoms with Crippen LogP contribution in [0.1, 0.15) is 6.42 Å². The number of aromatic nitrogens is 3. The number of piperidine rings is 1. The largest absolute Gasteiger partial charge is 0.365 e. The molecule has 3 heterocycles. The van der Waals surface area contributed by atoms with E-state index in [1.54, 1.807) is 6.33 Å². The second-order valence-electron chi connectivity index (χ2n) is 5.31. The molecule has 0 spiro atoms. The monoisotopic (exact) mass is 260 g/mol. The van der Waals surface area contributed by atoms with Crippen LogP contribution < -0.4 is 10.6 Å². The van der Waals surface area contributed by atoms with Gasteiger partial charge in [0.25, 0.3) is 0 Å². The Morgan fingerprint density at radius 3 is 3.05 bits per heavy atom. The fraction of sp³-hybridized carbons (Fsp3) is 0.538. The van der Waals surface area contributed by atoms with Gasteiger partial charge in [-0.25, -0.2) is 9.97 Å². The summed E-state index contributed by atoms with van der Waals surface area (Å²) in [5.41, 5.74) is 0.880. The molecule has 0 aliphatic carbocycles. The smallest absolute Gasteiger partial charge is 0.142 e. The number of aromatic amines is 1. The van der Waals surface area contributed by atoms with Crippen molar-refractivity contribution in [2.45, 2.75) is 18.5 Å². The highest BCUT2D eigenvalue weighted by molar-refractivity contribution is 5.86. The number of nitrogens with zero attached hydrogens (tertiary/aromatic N) is 3. The molecular formula is C13H20N6. The van der Waals surface area contributed by atoms with Gasteiger partial charge in [-0.05, 0) is 26.6 Å². The van der Waals surface area contributed by atoms with Gasteiger partial charge in [-0.15, -0.1) is 0 Å². The van der Waals surface area contributed by atoms with Crippen molar-refractivity contribution in [2.75, 3.05) is 32.5 Å². The summed E-state index contributed by atoms with van der Waals surface area (Å²) in [6, 6.07) is 2.97. The summed E-state index contributed by atoms with van der Waals surface area (Å²) >= 11 is 0. The third-order valence-corrected chi connectivity index (χ3v) is 3.75. The highest BCUT2D eigenvalue weighted by Crippen LogP contribution is 2.20. The normalized spacial score (nSPS) is 23.9. The van der Waals surface area contributed by atoms with Crippen molar-refractivity contribution in [2.24, 2.45) is 0 Å². The van der Waals surface area contributed by atoms with E-state index >= 15 is 0 Å². The molecule has 6 nitrogen and oxygen atoms in total. The Bertz CT molecular complexity index is 549. The van der Waals surface area contributed by atoms with Gasteiger partial charge in [0.2, 0.25) is 0 Å². The highest BCUT2D eigenvalue weighted by Gasteiger charge is 2.23. The minimum Gasteiger partial charge on any atom is -0.365 e. The number of fused-ring (bicyclic) bond motifs is 1. The summed E-state index contributed by atoms with van der Waals surface area (Å²) in [4.78, 5) is 13.9. The summed E-state index contributed by atoms with van der Waals surface area (Å²) in [6.45, 7) is 2.02. The summed E-state index contributed by atoms with van der Waals surface area (Å²) in [5.74, 6) is 0.914. The standard InChI is InChI=1S/C13H20N6/c1-19(2)10-5-9(6-14-7-10)18-13-11-3-4-15-12(11)16-8-17-13/h3-4,8-10,14H,5-7H2,1-2H3,(H2,15,16,17,18)/t9-,10-/m1/s1. The molecular weight excluding hydrogens is 240 g/mol. The highest BCUT2D eigenvalue weighted by atomic mass is 15.2. The predicted octanol–water partition coefficient (Wildman–Crippen LogP) is 0.662. The van der Waals surface area contributed by atoms with E-state index in [1.165, 1.54) is 0 Å². The Balaban J connectivity index is 1.75. The van der Waals surface area contributed by atoms with Gasteiger partial charge in [0.05, 0.1) is 5.39 Å². The van der Waals surface area contributed by atoms with Gasteiger partial charge < -0.3 is 20.5 Å². The van der Waals surface area contributed by atoms with E-state index in [-0.39, 0.29) is 0 Å². The molecule has 3 N–H and O–H groups in total. The average molecular weight is 260 g/mol. The molecule has 0 unspecified atom stereocenters. The van der Waals surface area contributed by atoms with Gasteiger partial charge in [0.15, 0.2) is 0 Å². The quantitative estimate of drug-likeness (QED) is 0.756. The Morgan fingerprint density at radius 1 is 1.32 bits per heavy atom. The first-order valence-electron chi connectivity index (χ1n) is 6.66. The van der Waals surface area contributed by atoms with Crippen LogP contribution in [0.2, 0.25) is 0 Å². The summed E-state index contributed by atoms with van der Waals surface area (Å²) in [6.07, 6.45) is 4.61. The van der Waals surface area contributed by atoms with Gasteiger partial charge in [-0.2, -0.15) is 0 Å². The zero-order chi connectivity index (χ0) is 13.2. The van der Waals surface area contributed by atoms with Crippen molar-refractivity contribution in [1.29, 1.82) is 0 Å². The fourth-order valence-corrected chi connectivity index (χ4v) is 2.60. The van der Waals surface area contributed by atoms with E-state index in [2.05, 4.69) is 44.6 Å². The summed E-state index contributed by atoms with van der Waals surface area (Å²) < 4.78 is 0. The first-order valence-corrected chi connectivity index (χ1v) is 6.66. The van der Waals surface area contributed by atoms with Gasteiger partial charge >= 0.3 is 0 Å². The van der Waals surface area contributed by atoms with Crippen LogP contribution in [0.3, 0.4) is 0 Å². The Hall–Kier alpha value is -1.66.